The highest BCUT2D eigenvalue weighted by atomic mass is 35.5. The lowest BCUT2D eigenvalue weighted by Gasteiger charge is -2.14. The van der Waals surface area contributed by atoms with Gasteiger partial charge in [-0.1, -0.05) is 0 Å². The number of hydrogen-bond donors (Lipinski definition) is 1. The number of methoxy groups -OCH3 is 2. The Morgan fingerprint density at radius 1 is 1.27 bits per heavy atom. The first kappa shape index (κ1) is 12.5. The molecule has 0 radical (unpaired) electrons. The van der Waals surface area contributed by atoms with E-state index >= 15 is 0 Å². The quantitative estimate of drug-likeness (QED) is 0.505. The van der Waals surface area contributed by atoms with Crippen molar-refractivity contribution in [1.29, 1.82) is 0 Å². The summed E-state index contributed by atoms with van der Waals surface area (Å²) in [6, 6.07) is 3.68. The second-order valence-corrected chi connectivity index (χ2v) is 4.17. The van der Waals surface area contributed by atoms with Crippen molar-refractivity contribution in [3.63, 3.8) is 0 Å². The molecule has 0 aliphatic heterocycles. The fraction of sp³-hybridized carbons (Fsp3) is 0.400. The number of nitrogens with two attached hydrogens (primary N) is 1. The Kier molecular flexibility index (Phi) is 4.57. The molecular weight excluding hydrogens is 234 g/mol. The van der Waals surface area contributed by atoms with E-state index in [9.17, 15) is 0 Å². The van der Waals surface area contributed by atoms with Gasteiger partial charge in [-0.3, -0.25) is 0 Å². The van der Waals surface area contributed by atoms with Gasteiger partial charge in [-0.2, -0.15) is 0 Å². The van der Waals surface area contributed by atoms with Crippen LogP contribution in [0.15, 0.2) is 17.0 Å². The Morgan fingerprint density at radius 2 is 1.87 bits per heavy atom. The SMILES string of the molecule is COc1cc(C(N)Cl)c(OC)cc1SC. The number of alkyl halides is 1. The first-order valence-electron chi connectivity index (χ1n) is 4.33. The highest BCUT2D eigenvalue weighted by molar-refractivity contribution is 7.98. The number of hydrogen-bond acceptors (Lipinski definition) is 4. The molecule has 0 aromatic heterocycles. The van der Waals surface area contributed by atoms with Crippen LogP contribution in [0.1, 0.15) is 11.1 Å². The van der Waals surface area contributed by atoms with Crippen LogP contribution in [0.4, 0.5) is 0 Å². The summed E-state index contributed by atoms with van der Waals surface area (Å²) < 4.78 is 10.5. The zero-order chi connectivity index (χ0) is 11.4. The summed E-state index contributed by atoms with van der Waals surface area (Å²) in [7, 11) is 3.21. The van der Waals surface area contributed by atoms with Crippen molar-refractivity contribution in [2.45, 2.75) is 10.4 Å². The van der Waals surface area contributed by atoms with Gasteiger partial charge in [-0.25, -0.2) is 0 Å². The summed E-state index contributed by atoms with van der Waals surface area (Å²) in [5.74, 6) is 1.44. The Bertz CT molecular complexity index is 344. The van der Waals surface area contributed by atoms with Crippen LogP contribution in [0.2, 0.25) is 0 Å². The van der Waals surface area contributed by atoms with Crippen LogP contribution < -0.4 is 15.2 Å². The Labute approximate surface area is 98.9 Å². The van der Waals surface area contributed by atoms with Crippen molar-refractivity contribution in [3.8, 4) is 11.5 Å². The molecule has 0 saturated heterocycles. The molecule has 1 aromatic carbocycles. The molecule has 1 atom stereocenters. The van der Waals surface area contributed by atoms with Crippen molar-refractivity contribution in [1.82, 2.24) is 0 Å². The smallest absolute Gasteiger partial charge is 0.133 e. The number of benzene rings is 1. The summed E-state index contributed by atoms with van der Waals surface area (Å²) in [4.78, 5) is 0.996. The summed E-state index contributed by atoms with van der Waals surface area (Å²) in [6.07, 6.45) is 1.97. The van der Waals surface area contributed by atoms with Crippen LogP contribution in [-0.2, 0) is 0 Å². The third-order valence-electron chi connectivity index (χ3n) is 2.03. The lowest BCUT2D eigenvalue weighted by molar-refractivity contribution is 0.390. The van der Waals surface area contributed by atoms with Gasteiger partial charge in [0.1, 0.15) is 17.0 Å². The van der Waals surface area contributed by atoms with Crippen molar-refractivity contribution < 1.29 is 9.47 Å². The molecule has 0 bridgehead atoms. The minimum absolute atomic E-state index is 0.593. The molecule has 0 aliphatic carbocycles. The summed E-state index contributed by atoms with van der Waals surface area (Å²) in [5, 5.41) is 0. The molecule has 84 valence electrons. The second-order valence-electron chi connectivity index (χ2n) is 2.85. The van der Waals surface area contributed by atoms with E-state index in [1.807, 2.05) is 18.4 Å². The number of ether oxygens (including phenoxy) is 2. The summed E-state index contributed by atoms with van der Waals surface area (Å²) in [5.41, 5.74) is 5.77. The molecule has 0 saturated carbocycles. The highest BCUT2D eigenvalue weighted by Gasteiger charge is 2.14. The Hall–Kier alpha value is -0.580. The second kappa shape index (κ2) is 5.49. The average molecular weight is 248 g/mol. The maximum absolute atomic E-state index is 5.85. The van der Waals surface area contributed by atoms with Crippen LogP contribution in [0.3, 0.4) is 0 Å². The predicted octanol–water partition coefficient (Wildman–Crippen LogP) is 2.62. The van der Waals surface area contributed by atoms with Crippen LogP contribution in [-0.4, -0.2) is 20.5 Å². The monoisotopic (exact) mass is 247 g/mol. The molecule has 0 spiro atoms. The average Bonchev–Trinajstić information content (AvgIpc) is 2.26. The molecule has 0 amide bonds. The van der Waals surface area contributed by atoms with Crippen LogP contribution in [0, 0.1) is 0 Å². The van der Waals surface area contributed by atoms with E-state index in [-0.39, 0.29) is 0 Å². The number of thioether (sulfide) groups is 1. The van der Waals surface area contributed by atoms with Gasteiger partial charge in [-0.15, -0.1) is 23.4 Å². The van der Waals surface area contributed by atoms with E-state index in [0.717, 1.165) is 16.2 Å². The molecule has 0 fully saturated rings. The molecule has 1 rings (SSSR count). The molecule has 0 aliphatic rings. The third-order valence-corrected chi connectivity index (χ3v) is 3.03. The topological polar surface area (TPSA) is 44.5 Å². The predicted molar refractivity (Wildman–Crippen MR) is 64.1 cm³/mol. The standard InChI is InChI=1S/C10H14ClNO2S/c1-13-7-5-9(15-3)8(14-2)4-6(7)10(11)12/h4-5,10H,12H2,1-3H3. The molecular formula is C10H14ClNO2S. The van der Waals surface area contributed by atoms with E-state index in [0.29, 0.717) is 5.75 Å². The van der Waals surface area contributed by atoms with Crippen molar-refractivity contribution in [2.75, 3.05) is 20.5 Å². The lowest BCUT2D eigenvalue weighted by atomic mass is 10.2. The van der Waals surface area contributed by atoms with E-state index in [1.54, 1.807) is 26.0 Å². The Morgan fingerprint density at radius 3 is 2.27 bits per heavy atom. The van der Waals surface area contributed by atoms with Crippen LogP contribution in [0.25, 0.3) is 0 Å². The van der Waals surface area contributed by atoms with E-state index in [2.05, 4.69) is 0 Å². The minimum atomic E-state index is -0.593. The first-order valence-corrected chi connectivity index (χ1v) is 5.99. The van der Waals surface area contributed by atoms with Gasteiger partial charge in [0.15, 0.2) is 0 Å². The number of halogens is 1. The minimum Gasteiger partial charge on any atom is -0.496 e. The van der Waals surface area contributed by atoms with Crippen LogP contribution >= 0.6 is 23.4 Å². The summed E-state index contributed by atoms with van der Waals surface area (Å²) >= 11 is 7.43. The zero-order valence-electron chi connectivity index (χ0n) is 8.91. The van der Waals surface area contributed by atoms with Gasteiger partial charge in [-0.05, 0) is 18.4 Å². The summed E-state index contributed by atoms with van der Waals surface area (Å²) in [6.45, 7) is 0. The van der Waals surface area contributed by atoms with Crippen molar-refractivity contribution in [3.05, 3.63) is 17.7 Å². The lowest BCUT2D eigenvalue weighted by Crippen LogP contribution is -2.05. The maximum atomic E-state index is 5.85. The Balaban J connectivity index is 3.27. The van der Waals surface area contributed by atoms with Gasteiger partial charge in [0.05, 0.1) is 19.1 Å². The van der Waals surface area contributed by atoms with E-state index in [4.69, 9.17) is 26.8 Å². The highest BCUT2D eigenvalue weighted by Crippen LogP contribution is 2.37. The molecule has 15 heavy (non-hydrogen) atoms. The van der Waals surface area contributed by atoms with E-state index in [1.165, 1.54) is 0 Å². The first-order chi connectivity index (χ1) is 7.13. The number of rotatable bonds is 4. The molecule has 2 N–H and O–H groups in total. The van der Waals surface area contributed by atoms with E-state index < -0.39 is 5.50 Å². The van der Waals surface area contributed by atoms with Gasteiger partial charge >= 0.3 is 0 Å². The molecule has 1 aromatic rings. The maximum Gasteiger partial charge on any atom is 0.133 e. The van der Waals surface area contributed by atoms with Crippen LogP contribution in [0.5, 0.6) is 11.5 Å². The zero-order valence-corrected chi connectivity index (χ0v) is 10.5. The fourth-order valence-electron chi connectivity index (χ4n) is 1.27. The third kappa shape index (κ3) is 2.71. The molecule has 1 unspecified atom stereocenters. The van der Waals surface area contributed by atoms with Crippen molar-refractivity contribution in [2.24, 2.45) is 5.73 Å². The van der Waals surface area contributed by atoms with Gasteiger partial charge in [0.25, 0.3) is 0 Å². The molecule has 0 heterocycles. The molecule has 5 heteroatoms. The van der Waals surface area contributed by atoms with Crippen molar-refractivity contribution >= 4 is 23.4 Å². The largest absolute Gasteiger partial charge is 0.496 e. The molecule has 3 nitrogen and oxygen atoms in total. The van der Waals surface area contributed by atoms with Gasteiger partial charge in [0, 0.05) is 5.56 Å². The van der Waals surface area contributed by atoms with Gasteiger partial charge in [0.2, 0.25) is 0 Å². The normalized spacial score (nSPS) is 12.3. The van der Waals surface area contributed by atoms with Gasteiger partial charge < -0.3 is 15.2 Å². The fourth-order valence-corrected chi connectivity index (χ4v) is 2.01.